The molecular weight excluding hydrogens is 382 g/mol. The summed E-state index contributed by atoms with van der Waals surface area (Å²) in [7, 11) is 0. The molecule has 1 aromatic carbocycles. The summed E-state index contributed by atoms with van der Waals surface area (Å²) in [6.07, 6.45) is 5.56. The summed E-state index contributed by atoms with van der Waals surface area (Å²) in [6, 6.07) is 6.11. The first-order chi connectivity index (χ1) is 14.5. The third kappa shape index (κ3) is 3.41. The summed E-state index contributed by atoms with van der Waals surface area (Å²) in [4.78, 5) is 29.7. The van der Waals surface area contributed by atoms with E-state index in [1.165, 1.54) is 16.5 Å². The number of nitrogens with zero attached hydrogens (tertiary/aromatic N) is 4. The number of hydrogen-bond donors (Lipinski definition) is 1. The van der Waals surface area contributed by atoms with Gasteiger partial charge in [0.1, 0.15) is 17.5 Å². The molecule has 0 bridgehead atoms. The molecule has 0 saturated heterocycles. The Morgan fingerprint density at radius 3 is 2.97 bits per heavy atom. The van der Waals surface area contributed by atoms with E-state index in [0.717, 1.165) is 10.9 Å². The fourth-order valence-corrected chi connectivity index (χ4v) is 3.63. The molecule has 8 nitrogen and oxygen atoms in total. The highest BCUT2D eigenvalue weighted by molar-refractivity contribution is 6.06. The molecule has 0 aliphatic rings. The topological polar surface area (TPSA) is 95.0 Å². The van der Waals surface area contributed by atoms with Gasteiger partial charge in [-0.05, 0) is 31.9 Å². The van der Waals surface area contributed by atoms with Gasteiger partial charge in [0.05, 0.1) is 17.3 Å². The van der Waals surface area contributed by atoms with Gasteiger partial charge >= 0.3 is 0 Å². The van der Waals surface area contributed by atoms with Crippen molar-refractivity contribution in [1.82, 2.24) is 24.6 Å². The van der Waals surface area contributed by atoms with E-state index in [1.54, 1.807) is 13.0 Å². The molecule has 8 heteroatoms. The van der Waals surface area contributed by atoms with Gasteiger partial charge in [-0.25, -0.2) is 4.98 Å². The number of allylic oxidation sites excluding steroid dienone is 1. The van der Waals surface area contributed by atoms with Crippen molar-refractivity contribution in [2.75, 3.05) is 6.54 Å². The van der Waals surface area contributed by atoms with Gasteiger partial charge in [-0.3, -0.25) is 18.8 Å². The lowest BCUT2D eigenvalue weighted by molar-refractivity contribution is 0.0952. The van der Waals surface area contributed by atoms with Gasteiger partial charge in [-0.15, -0.1) is 6.58 Å². The average Bonchev–Trinajstić information content (AvgIpc) is 3.29. The van der Waals surface area contributed by atoms with Crippen LogP contribution in [0.4, 0.5) is 0 Å². The van der Waals surface area contributed by atoms with Crippen molar-refractivity contribution in [3.63, 3.8) is 0 Å². The quantitative estimate of drug-likeness (QED) is 0.377. The van der Waals surface area contributed by atoms with Crippen LogP contribution in [0.3, 0.4) is 0 Å². The summed E-state index contributed by atoms with van der Waals surface area (Å²) in [6.45, 7) is 8.78. The molecule has 0 unspecified atom stereocenters. The number of aryl methyl sites for hydroxylation is 3. The maximum Gasteiger partial charge on any atom is 0.265 e. The van der Waals surface area contributed by atoms with Crippen LogP contribution in [-0.4, -0.2) is 31.8 Å². The number of nitrogens with one attached hydrogen (secondary N) is 1. The summed E-state index contributed by atoms with van der Waals surface area (Å²) >= 11 is 0. The molecule has 1 amide bonds. The van der Waals surface area contributed by atoms with Crippen LogP contribution in [0.15, 0.2) is 52.6 Å². The fourth-order valence-electron chi connectivity index (χ4n) is 3.63. The number of hydrogen-bond acceptors (Lipinski definition) is 5. The SMILES string of the molecule is C=CCn1cnc2oc(C)c(C(=O)NCCCn3ncc4c(C)cccc43)c2c1=O. The van der Waals surface area contributed by atoms with E-state index in [1.807, 2.05) is 23.0 Å². The van der Waals surface area contributed by atoms with Crippen LogP contribution in [0, 0.1) is 13.8 Å². The van der Waals surface area contributed by atoms with Gasteiger partial charge < -0.3 is 9.73 Å². The van der Waals surface area contributed by atoms with Gasteiger partial charge in [0.15, 0.2) is 0 Å². The monoisotopic (exact) mass is 405 g/mol. The third-order valence-corrected chi connectivity index (χ3v) is 5.15. The highest BCUT2D eigenvalue weighted by Crippen LogP contribution is 2.21. The van der Waals surface area contributed by atoms with Crippen molar-refractivity contribution in [3.05, 3.63) is 70.6 Å². The second-order valence-electron chi connectivity index (χ2n) is 7.19. The number of fused-ring (bicyclic) bond motifs is 2. The zero-order chi connectivity index (χ0) is 21.3. The first kappa shape index (κ1) is 19.6. The third-order valence-electron chi connectivity index (χ3n) is 5.15. The molecule has 0 aliphatic carbocycles. The second-order valence-corrected chi connectivity index (χ2v) is 7.19. The Labute approximate surface area is 172 Å². The first-order valence-corrected chi connectivity index (χ1v) is 9.80. The van der Waals surface area contributed by atoms with Gasteiger partial charge in [0.2, 0.25) is 5.71 Å². The molecule has 0 fully saturated rings. The smallest absolute Gasteiger partial charge is 0.265 e. The zero-order valence-corrected chi connectivity index (χ0v) is 17.0. The maximum atomic E-state index is 12.8. The molecule has 0 aliphatic heterocycles. The van der Waals surface area contributed by atoms with E-state index < -0.39 is 0 Å². The van der Waals surface area contributed by atoms with E-state index in [4.69, 9.17) is 4.42 Å². The van der Waals surface area contributed by atoms with Crippen molar-refractivity contribution >= 4 is 27.9 Å². The van der Waals surface area contributed by atoms with Crippen LogP contribution in [0.1, 0.15) is 28.1 Å². The van der Waals surface area contributed by atoms with Crippen molar-refractivity contribution in [1.29, 1.82) is 0 Å². The van der Waals surface area contributed by atoms with Gasteiger partial charge in [-0.2, -0.15) is 5.10 Å². The van der Waals surface area contributed by atoms with Gasteiger partial charge in [0, 0.05) is 25.0 Å². The number of rotatable bonds is 7. The van der Waals surface area contributed by atoms with Crippen LogP contribution in [-0.2, 0) is 13.1 Å². The molecular formula is C22H23N5O3. The summed E-state index contributed by atoms with van der Waals surface area (Å²) < 4.78 is 8.86. The number of benzene rings is 1. The van der Waals surface area contributed by atoms with Gasteiger partial charge in [0.25, 0.3) is 11.5 Å². The first-order valence-electron chi connectivity index (χ1n) is 9.80. The maximum absolute atomic E-state index is 12.8. The van der Waals surface area contributed by atoms with Crippen molar-refractivity contribution < 1.29 is 9.21 Å². The van der Waals surface area contributed by atoms with Crippen LogP contribution < -0.4 is 10.9 Å². The standard InChI is InChI=1S/C22H23N5O3/c1-4-10-26-13-24-21-19(22(26)29)18(15(3)30-21)20(28)23-9-6-11-27-17-8-5-7-14(2)16(17)12-25-27/h4-5,7-8,12-13H,1,6,9-11H2,2-3H3,(H,23,28). The predicted molar refractivity (Wildman–Crippen MR) is 115 cm³/mol. The minimum atomic E-state index is -0.345. The lowest BCUT2D eigenvalue weighted by atomic mass is 10.1. The number of amides is 1. The Bertz CT molecular complexity index is 1310. The van der Waals surface area contributed by atoms with E-state index in [0.29, 0.717) is 31.8 Å². The molecule has 0 atom stereocenters. The van der Waals surface area contributed by atoms with E-state index in [2.05, 4.69) is 35.0 Å². The number of furan rings is 1. The normalized spacial score (nSPS) is 11.3. The summed E-state index contributed by atoms with van der Waals surface area (Å²) in [5, 5.41) is 8.65. The average molecular weight is 405 g/mol. The second kappa shape index (κ2) is 7.98. The predicted octanol–water partition coefficient (Wildman–Crippen LogP) is 2.96. The highest BCUT2D eigenvalue weighted by Gasteiger charge is 2.22. The number of carbonyl (C=O) groups excluding carboxylic acids is 1. The highest BCUT2D eigenvalue weighted by atomic mass is 16.3. The minimum absolute atomic E-state index is 0.168. The molecule has 3 heterocycles. The molecule has 4 aromatic rings. The minimum Gasteiger partial charge on any atom is -0.442 e. The van der Waals surface area contributed by atoms with E-state index in [-0.39, 0.29) is 28.1 Å². The Hall–Kier alpha value is -3.68. The Morgan fingerprint density at radius 2 is 2.17 bits per heavy atom. The Morgan fingerprint density at radius 1 is 1.33 bits per heavy atom. The van der Waals surface area contributed by atoms with Crippen LogP contribution in [0.5, 0.6) is 0 Å². The Kier molecular flexibility index (Phi) is 5.22. The molecule has 0 spiro atoms. The number of aromatic nitrogens is 4. The van der Waals surface area contributed by atoms with E-state index >= 15 is 0 Å². The van der Waals surface area contributed by atoms with Crippen molar-refractivity contribution in [2.24, 2.45) is 0 Å². The van der Waals surface area contributed by atoms with Crippen molar-refractivity contribution in [2.45, 2.75) is 33.4 Å². The van der Waals surface area contributed by atoms with Crippen LogP contribution in [0.2, 0.25) is 0 Å². The molecule has 154 valence electrons. The summed E-state index contributed by atoms with van der Waals surface area (Å²) in [5.41, 5.74) is 2.35. The lowest BCUT2D eigenvalue weighted by Crippen LogP contribution is -2.28. The molecule has 0 radical (unpaired) electrons. The molecule has 1 N–H and O–H groups in total. The van der Waals surface area contributed by atoms with Crippen LogP contribution in [0.25, 0.3) is 22.0 Å². The lowest BCUT2D eigenvalue weighted by Gasteiger charge is -2.07. The molecule has 4 rings (SSSR count). The Balaban J connectivity index is 1.47. The molecule has 0 saturated carbocycles. The van der Waals surface area contributed by atoms with E-state index in [9.17, 15) is 9.59 Å². The zero-order valence-electron chi connectivity index (χ0n) is 17.0. The summed E-state index contributed by atoms with van der Waals surface area (Å²) in [5.74, 6) is 0.0275. The largest absolute Gasteiger partial charge is 0.442 e. The molecule has 30 heavy (non-hydrogen) atoms. The number of carbonyl (C=O) groups is 1. The molecule has 3 aromatic heterocycles. The van der Waals surface area contributed by atoms with Crippen molar-refractivity contribution in [3.8, 4) is 0 Å². The fraction of sp³-hybridized carbons (Fsp3) is 0.273. The van der Waals surface area contributed by atoms with Gasteiger partial charge in [-0.1, -0.05) is 18.2 Å². The van der Waals surface area contributed by atoms with Crippen LogP contribution >= 0.6 is 0 Å².